The molecule has 1 aromatic heterocycles. The van der Waals surface area contributed by atoms with Crippen molar-refractivity contribution in [2.24, 2.45) is 5.41 Å². The highest BCUT2D eigenvalue weighted by molar-refractivity contribution is 5.57. The molecule has 1 fully saturated rings. The molecular weight excluding hydrogens is 252 g/mol. The van der Waals surface area contributed by atoms with Gasteiger partial charge in [-0.15, -0.1) is 0 Å². The van der Waals surface area contributed by atoms with Crippen LogP contribution in [0.1, 0.15) is 45.0 Å². The van der Waals surface area contributed by atoms with Gasteiger partial charge in [0.15, 0.2) is 0 Å². The summed E-state index contributed by atoms with van der Waals surface area (Å²) in [5.74, 6) is 2.55. The number of hydrogen-bond donors (Lipinski definition) is 3. The van der Waals surface area contributed by atoms with E-state index in [0.717, 1.165) is 42.4 Å². The Kier molecular flexibility index (Phi) is 3.91. The van der Waals surface area contributed by atoms with Gasteiger partial charge in [-0.3, -0.25) is 0 Å². The summed E-state index contributed by atoms with van der Waals surface area (Å²) >= 11 is 0. The third-order valence-corrected chi connectivity index (χ3v) is 3.98. The molecule has 1 saturated carbocycles. The van der Waals surface area contributed by atoms with Crippen LogP contribution in [-0.2, 0) is 5.41 Å². The minimum Gasteiger partial charge on any atom is -0.396 e. The van der Waals surface area contributed by atoms with Gasteiger partial charge in [0.25, 0.3) is 0 Å². The third kappa shape index (κ3) is 3.03. The first-order chi connectivity index (χ1) is 9.31. The second-order valence-electron chi connectivity index (χ2n) is 6.88. The lowest BCUT2D eigenvalue weighted by atomic mass is 9.95. The van der Waals surface area contributed by atoms with Gasteiger partial charge < -0.3 is 15.7 Å². The summed E-state index contributed by atoms with van der Waals surface area (Å²) in [6.45, 7) is 9.35. The fraction of sp³-hybridized carbons (Fsp3) is 0.733. The van der Waals surface area contributed by atoms with E-state index < -0.39 is 0 Å². The highest BCUT2D eigenvalue weighted by Gasteiger charge is 2.41. The smallest absolute Gasteiger partial charge is 0.138 e. The molecule has 0 unspecified atom stereocenters. The number of aromatic nitrogens is 2. The maximum atomic E-state index is 9.40. The van der Waals surface area contributed by atoms with Crippen molar-refractivity contribution < 1.29 is 5.11 Å². The van der Waals surface area contributed by atoms with Crippen molar-refractivity contribution in [1.82, 2.24) is 9.97 Å². The Morgan fingerprint density at radius 1 is 1.20 bits per heavy atom. The first kappa shape index (κ1) is 15.0. The van der Waals surface area contributed by atoms with Crippen LogP contribution in [0.15, 0.2) is 0 Å². The van der Waals surface area contributed by atoms with Gasteiger partial charge in [0, 0.05) is 30.0 Å². The second-order valence-corrected chi connectivity index (χ2v) is 6.88. The summed E-state index contributed by atoms with van der Waals surface area (Å²) in [5.41, 5.74) is 0.998. The lowest BCUT2D eigenvalue weighted by Gasteiger charge is -2.22. The summed E-state index contributed by atoms with van der Waals surface area (Å²) in [6.07, 6.45) is 2.18. The van der Waals surface area contributed by atoms with Gasteiger partial charge in [-0.1, -0.05) is 20.8 Å². The number of nitrogens with zero attached hydrogens (tertiary/aromatic N) is 2. The lowest BCUT2D eigenvalue weighted by molar-refractivity contribution is 0.219. The maximum Gasteiger partial charge on any atom is 0.138 e. The summed E-state index contributed by atoms with van der Waals surface area (Å²) in [4.78, 5) is 9.26. The molecular formula is C15H26N4O. The van der Waals surface area contributed by atoms with E-state index in [1.807, 2.05) is 14.0 Å². The molecule has 0 aromatic carbocycles. The van der Waals surface area contributed by atoms with E-state index >= 15 is 0 Å². The molecule has 2 rings (SSSR count). The van der Waals surface area contributed by atoms with Gasteiger partial charge in [0.05, 0.1) is 6.61 Å². The highest BCUT2D eigenvalue weighted by atomic mass is 16.3. The molecule has 5 nitrogen and oxygen atoms in total. The summed E-state index contributed by atoms with van der Waals surface area (Å²) in [6, 6.07) is 0. The Morgan fingerprint density at radius 2 is 1.80 bits per heavy atom. The molecule has 3 N–H and O–H groups in total. The van der Waals surface area contributed by atoms with Crippen molar-refractivity contribution in [3.63, 3.8) is 0 Å². The average Bonchev–Trinajstić information content (AvgIpc) is 3.17. The molecule has 112 valence electrons. The molecule has 20 heavy (non-hydrogen) atoms. The highest BCUT2D eigenvalue weighted by Crippen LogP contribution is 2.45. The van der Waals surface area contributed by atoms with Gasteiger partial charge >= 0.3 is 0 Å². The first-order valence-electron chi connectivity index (χ1n) is 7.23. The van der Waals surface area contributed by atoms with Gasteiger partial charge in [-0.05, 0) is 19.8 Å². The Morgan fingerprint density at radius 3 is 2.25 bits per heavy atom. The van der Waals surface area contributed by atoms with Gasteiger partial charge in [-0.2, -0.15) is 0 Å². The molecule has 5 heteroatoms. The van der Waals surface area contributed by atoms with E-state index in [0.29, 0.717) is 0 Å². The van der Waals surface area contributed by atoms with Crippen LogP contribution in [0.2, 0.25) is 0 Å². The van der Waals surface area contributed by atoms with Crippen molar-refractivity contribution in [2.75, 3.05) is 30.8 Å². The molecule has 1 heterocycles. The van der Waals surface area contributed by atoms with Gasteiger partial charge in [-0.25, -0.2) is 9.97 Å². The standard InChI is InChI=1S/C15H26N4O/c1-10-11(16-5)18-13(14(2,3)4)19-12(10)17-8-15(9-20)6-7-15/h20H,6-9H2,1-5H3,(H2,16,17,18,19). The lowest BCUT2D eigenvalue weighted by Crippen LogP contribution is -2.23. The summed E-state index contributed by atoms with van der Waals surface area (Å²) < 4.78 is 0. The van der Waals surface area contributed by atoms with Crippen LogP contribution < -0.4 is 10.6 Å². The van der Waals surface area contributed by atoms with Crippen LogP contribution in [0.5, 0.6) is 0 Å². The fourth-order valence-corrected chi connectivity index (χ4v) is 2.11. The number of aliphatic hydroxyl groups excluding tert-OH is 1. The largest absolute Gasteiger partial charge is 0.396 e. The van der Waals surface area contributed by atoms with Crippen LogP contribution in [0.25, 0.3) is 0 Å². The molecule has 0 radical (unpaired) electrons. The summed E-state index contributed by atoms with van der Waals surface area (Å²) in [7, 11) is 1.88. The normalized spacial score (nSPS) is 16.9. The Bertz CT molecular complexity index is 489. The molecule has 0 aliphatic heterocycles. The SMILES string of the molecule is CNc1nc(C(C)(C)C)nc(NCC2(CO)CC2)c1C. The van der Waals surface area contributed by atoms with Crippen molar-refractivity contribution in [3.05, 3.63) is 11.4 Å². The van der Waals surface area contributed by atoms with Gasteiger partial charge in [0.1, 0.15) is 17.5 Å². The number of rotatable bonds is 5. The molecule has 1 aliphatic carbocycles. The van der Waals surface area contributed by atoms with E-state index in [2.05, 4.69) is 41.4 Å². The predicted octanol–water partition coefficient (Wildman–Crippen LogP) is 2.31. The Labute approximate surface area is 121 Å². The quantitative estimate of drug-likeness (QED) is 0.771. The van der Waals surface area contributed by atoms with Crippen LogP contribution in [-0.4, -0.2) is 35.3 Å². The first-order valence-corrected chi connectivity index (χ1v) is 7.23. The van der Waals surface area contributed by atoms with Gasteiger partial charge in [0.2, 0.25) is 0 Å². The molecule has 1 aromatic rings. The van der Waals surface area contributed by atoms with E-state index in [4.69, 9.17) is 0 Å². The van der Waals surface area contributed by atoms with E-state index in [1.54, 1.807) is 0 Å². The predicted molar refractivity (Wildman–Crippen MR) is 82.3 cm³/mol. The van der Waals surface area contributed by atoms with Crippen LogP contribution in [0.3, 0.4) is 0 Å². The van der Waals surface area contributed by atoms with Crippen LogP contribution >= 0.6 is 0 Å². The molecule has 0 atom stereocenters. The van der Waals surface area contributed by atoms with E-state index in [-0.39, 0.29) is 17.4 Å². The minimum absolute atomic E-state index is 0.0685. The maximum absolute atomic E-state index is 9.40. The monoisotopic (exact) mass is 278 g/mol. The molecule has 1 aliphatic rings. The van der Waals surface area contributed by atoms with Crippen molar-refractivity contribution in [2.45, 2.75) is 46.0 Å². The van der Waals surface area contributed by atoms with E-state index in [9.17, 15) is 5.11 Å². The third-order valence-electron chi connectivity index (χ3n) is 3.98. The zero-order valence-electron chi connectivity index (χ0n) is 13.2. The Hall–Kier alpha value is -1.36. The average molecular weight is 278 g/mol. The number of anilines is 2. The van der Waals surface area contributed by atoms with E-state index in [1.165, 1.54) is 0 Å². The molecule has 0 bridgehead atoms. The summed E-state index contributed by atoms with van der Waals surface area (Å²) in [5, 5.41) is 15.9. The van der Waals surface area contributed by atoms with Crippen molar-refractivity contribution in [1.29, 1.82) is 0 Å². The zero-order chi connectivity index (χ0) is 15.0. The van der Waals surface area contributed by atoms with Crippen LogP contribution in [0, 0.1) is 12.3 Å². The molecule has 0 saturated heterocycles. The van der Waals surface area contributed by atoms with Crippen LogP contribution in [0.4, 0.5) is 11.6 Å². The topological polar surface area (TPSA) is 70.1 Å². The molecule has 0 amide bonds. The minimum atomic E-state index is -0.0933. The number of aliphatic hydroxyl groups is 1. The second kappa shape index (κ2) is 5.20. The fourth-order valence-electron chi connectivity index (χ4n) is 2.11. The Balaban J connectivity index is 2.26. The number of hydrogen-bond acceptors (Lipinski definition) is 5. The zero-order valence-corrected chi connectivity index (χ0v) is 13.2. The van der Waals surface area contributed by atoms with Crippen molar-refractivity contribution in [3.8, 4) is 0 Å². The molecule has 0 spiro atoms. The number of nitrogens with one attached hydrogen (secondary N) is 2. The van der Waals surface area contributed by atoms with Crippen molar-refractivity contribution >= 4 is 11.6 Å².